The molecule has 0 unspecified atom stereocenters. The van der Waals surface area contributed by atoms with E-state index >= 15 is 0 Å². The molecule has 0 fully saturated rings. The second-order valence-electron chi connectivity index (χ2n) is 4.30. The number of nitriles is 1. The highest BCUT2D eigenvalue weighted by Gasteiger charge is 2.01. The minimum atomic E-state index is -0.0639. The lowest BCUT2D eigenvalue weighted by Crippen LogP contribution is -1.93. The van der Waals surface area contributed by atoms with Crippen LogP contribution in [0.25, 0.3) is 6.08 Å². The predicted octanol–water partition coefficient (Wildman–Crippen LogP) is 3.76. The maximum absolute atomic E-state index is 11.9. The highest BCUT2D eigenvalue weighted by Crippen LogP contribution is 2.09. The Morgan fingerprint density at radius 1 is 1.16 bits per heavy atom. The number of hydrogen-bond donors (Lipinski definition) is 0. The molecule has 0 saturated heterocycles. The quantitative estimate of drug-likeness (QED) is 0.612. The van der Waals surface area contributed by atoms with E-state index in [2.05, 4.69) is 0 Å². The Hall–Kier alpha value is -2.66. The fourth-order valence-electron chi connectivity index (χ4n) is 1.75. The van der Waals surface area contributed by atoms with Crippen LogP contribution in [0.15, 0.2) is 54.6 Å². The molecule has 2 rings (SSSR count). The molecule has 0 aliphatic rings. The topological polar surface area (TPSA) is 40.9 Å². The Balaban J connectivity index is 2.14. The monoisotopic (exact) mass is 247 g/mol. The summed E-state index contributed by atoms with van der Waals surface area (Å²) in [7, 11) is 0. The summed E-state index contributed by atoms with van der Waals surface area (Å²) in [4.78, 5) is 11.9. The highest BCUT2D eigenvalue weighted by molar-refractivity contribution is 6.06. The number of carbonyl (C=O) groups is 1. The molecule has 0 heterocycles. The minimum absolute atomic E-state index is 0.0639. The van der Waals surface area contributed by atoms with Crippen molar-refractivity contribution in [2.24, 2.45) is 0 Å². The first-order chi connectivity index (χ1) is 9.19. The summed E-state index contributed by atoms with van der Waals surface area (Å²) in [6.07, 6.45) is 3.35. The molecule has 2 nitrogen and oxygen atoms in total. The normalized spacial score (nSPS) is 10.3. The number of hydrogen-bond acceptors (Lipinski definition) is 2. The third-order valence-electron chi connectivity index (χ3n) is 2.77. The van der Waals surface area contributed by atoms with Crippen molar-refractivity contribution in [1.82, 2.24) is 0 Å². The summed E-state index contributed by atoms with van der Waals surface area (Å²) in [5, 5.41) is 8.70. The fourth-order valence-corrected chi connectivity index (χ4v) is 1.75. The zero-order chi connectivity index (χ0) is 13.7. The molecule has 0 aliphatic carbocycles. The Kier molecular flexibility index (Phi) is 3.90. The molecule has 92 valence electrons. The van der Waals surface area contributed by atoms with Crippen LogP contribution in [0.2, 0.25) is 0 Å². The number of allylic oxidation sites excluding steroid dienone is 1. The SMILES string of the molecule is Cc1cccc(C=CC(=O)c2ccc(C#N)cc2)c1. The number of benzene rings is 2. The van der Waals surface area contributed by atoms with Crippen LogP contribution in [0.4, 0.5) is 0 Å². The summed E-state index contributed by atoms with van der Waals surface area (Å²) in [6, 6.07) is 16.6. The van der Waals surface area contributed by atoms with Gasteiger partial charge in [-0.05, 0) is 42.8 Å². The van der Waals surface area contributed by atoms with Crippen molar-refractivity contribution in [2.45, 2.75) is 6.92 Å². The molecule has 2 aromatic carbocycles. The number of rotatable bonds is 3. The van der Waals surface area contributed by atoms with Gasteiger partial charge in [0.2, 0.25) is 0 Å². The molecule has 0 bridgehead atoms. The molecule has 0 saturated carbocycles. The van der Waals surface area contributed by atoms with Crippen LogP contribution in [-0.2, 0) is 0 Å². The molecule has 0 radical (unpaired) electrons. The molecular formula is C17H13NO. The van der Waals surface area contributed by atoms with Crippen molar-refractivity contribution < 1.29 is 4.79 Å². The lowest BCUT2D eigenvalue weighted by Gasteiger charge is -1.97. The van der Waals surface area contributed by atoms with Crippen molar-refractivity contribution in [3.63, 3.8) is 0 Å². The van der Waals surface area contributed by atoms with Crippen LogP contribution >= 0.6 is 0 Å². The molecule has 0 atom stereocenters. The van der Waals surface area contributed by atoms with E-state index < -0.39 is 0 Å². The molecule has 0 N–H and O–H groups in total. The van der Waals surface area contributed by atoms with E-state index in [0.717, 1.165) is 11.1 Å². The van der Waals surface area contributed by atoms with E-state index in [9.17, 15) is 4.79 Å². The van der Waals surface area contributed by atoms with Crippen molar-refractivity contribution in [1.29, 1.82) is 5.26 Å². The second-order valence-corrected chi connectivity index (χ2v) is 4.30. The molecule has 0 amide bonds. The van der Waals surface area contributed by atoms with E-state index in [-0.39, 0.29) is 5.78 Å². The Morgan fingerprint density at radius 2 is 1.89 bits per heavy atom. The zero-order valence-corrected chi connectivity index (χ0v) is 10.6. The first-order valence-corrected chi connectivity index (χ1v) is 5.98. The lowest BCUT2D eigenvalue weighted by molar-refractivity contribution is 0.104. The molecule has 2 aromatic rings. The maximum Gasteiger partial charge on any atom is 0.185 e. The molecule has 0 spiro atoms. The Labute approximate surface area is 112 Å². The molecule has 2 heteroatoms. The van der Waals surface area contributed by atoms with Gasteiger partial charge >= 0.3 is 0 Å². The lowest BCUT2D eigenvalue weighted by atomic mass is 10.1. The van der Waals surface area contributed by atoms with Crippen LogP contribution in [0.1, 0.15) is 27.0 Å². The fraction of sp³-hybridized carbons (Fsp3) is 0.0588. The van der Waals surface area contributed by atoms with Crippen LogP contribution in [0, 0.1) is 18.3 Å². The number of aryl methyl sites for hydroxylation is 1. The van der Waals surface area contributed by atoms with Crippen molar-refractivity contribution >= 4 is 11.9 Å². The Morgan fingerprint density at radius 3 is 2.53 bits per heavy atom. The summed E-state index contributed by atoms with van der Waals surface area (Å²) in [5.41, 5.74) is 3.30. The van der Waals surface area contributed by atoms with Gasteiger partial charge in [0, 0.05) is 5.56 Å². The zero-order valence-electron chi connectivity index (χ0n) is 10.6. The standard InChI is InChI=1S/C17H13NO/c1-13-3-2-4-14(11-13)7-10-17(19)16-8-5-15(12-18)6-9-16/h2-11H,1H3. The van der Waals surface area contributed by atoms with Crippen LogP contribution in [0.5, 0.6) is 0 Å². The van der Waals surface area contributed by atoms with Gasteiger partial charge in [-0.1, -0.05) is 35.9 Å². The van der Waals surface area contributed by atoms with Crippen LogP contribution < -0.4 is 0 Å². The first-order valence-electron chi connectivity index (χ1n) is 5.98. The van der Waals surface area contributed by atoms with Gasteiger partial charge in [-0.3, -0.25) is 4.79 Å². The molecule has 0 aromatic heterocycles. The van der Waals surface area contributed by atoms with E-state index in [1.165, 1.54) is 0 Å². The second kappa shape index (κ2) is 5.79. The number of nitrogens with zero attached hydrogens (tertiary/aromatic N) is 1. The van der Waals surface area contributed by atoms with E-state index in [4.69, 9.17) is 5.26 Å². The van der Waals surface area contributed by atoms with Crippen molar-refractivity contribution in [3.05, 3.63) is 76.9 Å². The Bertz CT molecular complexity index is 660. The average Bonchev–Trinajstić information content (AvgIpc) is 2.45. The first kappa shape index (κ1) is 12.8. The molecular weight excluding hydrogens is 234 g/mol. The van der Waals surface area contributed by atoms with Crippen LogP contribution in [0.3, 0.4) is 0 Å². The van der Waals surface area contributed by atoms with Gasteiger partial charge in [0.1, 0.15) is 0 Å². The molecule has 19 heavy (non-hydrogen) atoms. The highest BCUT2D eigenvalue weighted by atomic mass is 16.1. The maximum atomic E-state index is 11.9. The predicted molar refractivity (Wildman–Crippen MR) is 75.7 cm³/mol. The van der Waals surface area contributed by atoms with Gasteiger partial charge < -0.3 is 0 Å². The van der Waals surface area contributed by atoms with E-state index in [1.807, 2.05) is 37.3 Å². The van der Waals surface area contributed by atoms with Crippen molar-refractivity contribution in [2.75, 3.05) is 0 Å². The van der Waals surface area contributed by atoms with E-state index in [0.29, 0.717) is 11.1 Å². The summed E-state index contributed by atoms with van der Waals surface area (Å²) in [5.74, 6) is -0.0639. The van der Waals surface area contributed by atoms with Crippen LogP contribution in [-0.4, -0.2) is 5.78 Å². The minimum Gasteiger partial charge on any atom is -0.289 e. The summed E-state index contributed by atoms with van der Waals surface area (Å²) >= 11 is 0. The van der Waals surface area contributed by atoms with Gasteiger partial charge in [-0.2, -0.15) is 5.26 Å². The van der Waals surface area contributed by atoms with E-state index in [1.54, 1.807) is 36.4 Å². The number of ketones is 1. The van der Waals surface area contributed by atoms with Gasteiger partial charge in [0.25, 0.3) is 0 Å². The van der Waals surface area contributed by atoms with Gasteiger partial charge in [-0.25, -0.2) is 0 Å². The van der Waals surface area contributed by atoms with Gasteiger partial charge in [0.05, 0.1) is 11.6 Å². The van der Waals surface area contributed by atoms with Gasteiger partial charge in [0.15, 0.2) is 5.78 Å². The summed E-state index contributed by atoms with van der Waals surface area (Å²) < 4.78 is 0. The summed E-state index contributed by atoms with van der Waals surface area (Å²) in [6.45, 7) is 2.01. The average molecular weight is 247 g/mol. The van der Waals surface area contributed by atoms with Crippen molar-refractivity contribution in [3.8, 4) is 6.07 Å². The third-order valence-corrected chi connectivity index (χ3v) is 2.77. The van der Waals surface area contributed by atoms with Gasteiger partial charge in [-0.15, -0.1) is 0 Å². The smallest absolute Gasteiger partial charge is 0.185 e. The molecule has 0 aliphatic heterocycles. The number of carbonyl (C=O) groups excluding carboxylic acids is 1. The third kappa shape index (κ3) is 3.40. The largest absolute Gasteiger partial charge is 0.289 e.